The molecule has 6 N–H and O–H groups in total. The number of aromatic hydroxyl groups is 4. The maximum Gasteiger partial charge on any atom is 0.123 e. The van der Waals surface area contributed by atoms with Crippen LogP contribution in [-0.2, 0) is 10.8 Å². The minimum Gasteiger partial charge on any atom is -0.507 e. The van der Waals surface area contributed by atoms with Gasteiger partial charge in [0, 0.05) is 28.4 Å². The molecule has 0 aliphatic heterocycles. The zero-order chi connectivity index (χ0) is 42.9. The second-order valence-electron chi connectivity index (χ2n) is 19.3. The molecule has 4 aliphatic rings. The zero-order valence-electron chi connectivity index (χ0n) is 37.2. The standard InChI is InChI=1S/C54H76O6/c1-5-6-7-12-23-53(25-14-15-26-53)42-33-49(59)52(50(60)34-42)46-30-40(36-56)20-22-44(46)38(4)18-11-9-8-10-13-24-54(27-16-17-28-54)41-31-47(57)51(48(58)32-41)45-29-39(35-55)19-21-43(45)37(2)3/h12,18,23,29-34,43-46,55-60H,2,5-11,13-17,19-22,24-28,35-36H2,1,3-4H3. The van der Waals surface area contributed by atoms with Crippen LogP contribution >= 0.6 is 0 Å². The van der Waals surface area contributed by atoms with Crippen LogP contribution in [0.4, 0.5) is 0 Å². The minimum absolute atomic E-state index is 0.00715. The molecule has 2 aromatic carbocycles. The van der Waals surface area contributed by atoms with E-state index in [4.69, 9.17) is 0 Å². The monoisotopic (exact) mass is 821 g/mol. The summed E-state index contributed by atoms with van der Waals surface area (Å²) in [6.45, 7) is 10.6. The maximum absolute atomic E-state index is 11.6. The van der Waals surface area contributed by atoms with Gasteiger partial charge in [-0.15, -0.1) is 0 Å². The van der Waals surface area contributed by atoms with Gasteiger partial charge in [0.15, 0.2) is 0 Å². The number of phenolic OH excluding ortho intramolecular Hbond substituents is 4. The normalized spacial score (nSPS) is 24.2. The minimum atomic E-state index is -0.203. The Kier molecular flexibility index (Phi) is 15.9. The van der Waals surface area contributed by atoms with Crippen molar-refractivity contribution in [2.75, 3.05) is 13.2 Å². The van der Waals surface area contributed by atoms with Crippen LogP contribution in [0, 0.1) is 11.8 Å². The number of phenols is 4. The van der Waals surface area contributed by atoms with Crippen molar-refractivity contribution in [2.45, 2.75) is 178 Å². The summed E-state index contributed by atoms with van der Waals surface area (Å²) in [6.07, 6.45) is 33.1. The van der Waals surface area contributed by atoms with E-state index in [-0.39, 0.29) is 70.7 Å². The predicted octanol–water partition coefficient (Wildman–Crippen LogP) is 13.3. The Labute approximate surface area is 361 Å². The molecule has 328 valence electrons. The van der Waals surface area contributed by atoms with Gasteiger partial charge < -0.3 is 30.6 Å². The molecule has 4 atom stereocenters. The number of hydrogen-bond acceptors (Lipinski definition) is 6. The van der Waals surface area contributed by atoms with Crippen LogP contribution in [0.5, 0.6) is 23.0 Å². The first-order valence-electron chi connectivity index (χ1n) is 23.7. The van der Waals surface area contributed by atoms with Gasteiger partial charge in [-0.25, -0.2) is 0 Å². The van der Waals surface area contributed by atoms with Gasteiger partial charge in [0.25, 0.3) is 0 Å². The van der Waals surface area contributed by atoms with Crippen LogP contribution in [0.3, 0.4) is 0 Å². The summed E-state index contributed by atoms with van der Waals surface area (Å²) in [5, 5.41) is 66.2. The molecule has 0 heterocycles. The van der Waals surface area contributed by atoms with E-state index in [1.54, 1.807) is 0 Å². The van der Waals surface area contributed by atoms with Gasteiger partial charge in [0.2, 0.25) is 0 Å². The van der Waals surface area contributed by atoms with Crippen molar-refractivity contribution in [1.29, 1.82) is 0 Å². The topological polar surface area (TPSA) is 121 Å². The first kappa shape index (κ1) is 45.8. The fourth-order valence-corrected chi connectivity index (χ4v) is 11.7. The van der Waals surface area contributed by atoms with Gasteiger partial charge >= 0.3 is 0 Å². The Morgan fingerprint density at radius 2 is 1.18 bits per heavy atom. The molecule has 6 nitrogen and oxygen atoms in total. The van der Waals surface area contributed by atoms with Crippen molar-refractivity contribution in [3.8, 4) is 23.0 Å². The molecular weight excluding hydrogens is 745 g/mol. The Morgan fingerprint density at radius 3 is 1.73 bits per heavy atom. The Balaban J connectivity index is 1.08. The molecule has 0 bridgehead atoms. The van der Waals surface area contributed by atoms with Crippen LogP contribution < -0.4 is 0 Å². The van der Waals surface area contributed by atoms with E-state index in [2.05, 4.69) is 44.7 Å². The van der Waals surface area contributed by atoms with Gasteiger partial charge in [0.05, 0.1) is 13.2 Å². The summed E-state index contributed by atoms with van der Waals surface area (Å²) in [6, 6.07) is 7.68. The molecule has 0 amide bonds. The molecule has 2 saturated carbocycles. The fourth-order valence-electron chi connectivity index (χ4n) is 11.7. The van der Waals surface area contributed by atoms with Gasteiger partial charge in [0.1, 0.15) is 23.0 Å². The van der Waals surface area contributed by atoms with Gasteiger partial charge in [-0.05, 0) is 155 Å². The third-order valence-electron chi connectivity index (χ3n) is 15.3. The van der Waals surface area contributed by atoms with E-state index in [0.29, 0.717) is 11.1 Å². The molecule has 0 radical (unpaired) electrons. The zero-order valence-corrected chi connectivity index (χ0v) is 37.2. The molecule has 0 aromatic heterocycles. The van der Waals surface area contributed by atoms with E-state index < -0.39 is 0 Å². The molecule has 2 aromatic rings. The molecule has 60 heavy (non-hydrogen) atoms. The van der Waals surface area contributed by atoms with E-state index in [1.165, 1.54) is 5.57 Å². The lowest BCUT2D eigenvalue weighted by molar-refractivity contribution is 0.314. The van der Waals surface area contributed by atoms with Crippen LogP contribution in [-0.4, -0.2) is 43.9 Å². The number of hydrogen-bond donors (Lipinski definition) is 6. The Bertz CT molecular complexity index is 1850. The largest absolute Gasteiger partial charge is 0.507 e. The highest BCUT2D eigenvalue weighted by molar-refractivity contribution is 5.55. The number of benzene rings is 2. The van der Waals surface area contributed by atoms with E-state index >= 15 is 0 Å². The highest BCUT2D eigenvalue weighted by Gasteiger charge is 2.39. The van der Waals surface area contributed by atoms with Crippen molar-refractivity contribution < 1.29 is 30.6 Å². The average molecular weight is 821 g/mol. The SMILES string of the molecule is C=C(C)C1CCC(CO)=CC1c1c(O)cc(C2(CCCCCCC=C(C)C3CCC(CO)=CC3c3c(O)cc(C4(C=CCCCC)CCCC4)cc3O)CCCC2)cc1O. The molecule has 2 fully saturated rings. The summed E-state index contributed by atoms with van der Waals surface area (Å²) in [5.74, 6) is 0.462. The van der Waals surface area contributed by atoms with Crippen LogP contribution in [0.2, 0.25) is 0 Å². The third kappa shape index (κ3) is 10.3. The smallest absolute Gasteiger partial charge is 0.123 e. The molecule has 4 unspecified atom stereocenters. The van der Waals surface area contributed by atoms with Crippen LogP contribution in [0.25, 0.3) is 0 Å². The number of aliphatic hydroxyl groups excluding tert-OH is 2. The highest BCUT2D eigenvalue weighted by atomic mass is 16.3. The average Bonchev–Trinajstić information content (AvgIpc) is 3.93. The van der Waals surface area contributed by atoms with Crippen molar-refractivity contribution in [3.63, 3.8) is 0 Å². The molecule has 0 saturated heterocycles. The quantitative estimate of drug-likeness (QED) is 0.0620. The predicted molar refractivity (Wildman–Crippen MR) is 246 cm³/mol. The Morgan fingerprint density at radius 1 is 0.667 bits per heavy atom. The second kappa shape index (κ2) is 20.9. The van der Waals surface area contributed by atoms with Crippen molar-refractivity contribution in [3.05, 3.63) is 106 Å². The lowest BCUT2D eigenvalue weighted by atomic mass is 9.71. The van der Waals surface area contributed by atoms with Crippen LogP contribution in [0.15, 0.2) is 83.5 Å². The lowest BCUT2D eigenvalue weighted by Crippen LogP contribution is -2.23. The molecular formula is C54H76O6. The number of allylic oxidation sites excluding steroid dienone is 7. The van der Waals surface area contributed by atoms with Crippen molar-refractivity contribution >= 4 is 0 Å². The lowest BCUT2D eigenvalue weighted by Gasteiger charge is -2.34. The number of aliphatic hydroxyl groups is 2. The van der Waals surface area contributed by atoms with E-state index in [9.17, 15) is 30.6 Å². The van der Waals surface area contributed by atoms with Crippen LogP contribution in [0.1, 0.15) is 190 Å². The number of rotatable bonds is 19. The maximum atomic E-state index is 11.6. The molecule has 0 spiro atoms. The fraction of sp³-hybridized carbons (Fsp3) is 0.593. The summed E-state index contributed by atoms with van der Waals surface area (Å²) in [5.41, 5.74) is 7.25. The molecule has 6 heteroatoms. The van der Waals surface area contributed by atoms with Gasteiger partial charge in [-0.3, -0.25) is 0 Å². The van der Waals surface area contributed by atoms with Crippen molar-refractivity contribution in [2.24, 2.45) is 11.8 Å². The Hall–Kier alpha value is -3.74. The summed E-state index contributed by atoms with van der Waals surface area (Å²) >= 11 is 0. The third-order valence-corrected chi connectivity index (χ3v) is 15.3. The first-order valence-corrected chi connectivity index (χ1v) is 23.7. The van der Waals surface area contributed by atoms with E-state index in [0.717, 1.165) is 163 Å². The highest BCUT2D eigenvalue weighted by Crippen LogP contribution is 2.53. The summed E-state index contributed by atoms with van der Waals surface area (Å²) < 4.78 is 0. The summed E-state index contributed by atoms with van der Waals surface area (Å²) in [7, 11) is 0. The van der Waals surface area contributed by atoms with E-state index in [1.807, 2.05) is 37.3 Å². The van der Waals surface area contributed by atoms with Gasteiger partial charge in [-0.2, -0.15) is 0 Å². The van der Waals surface area contributed by atoms with Gasteiger partial charge in [-0.1, -0.05) is 113 Å². The summed E-state index contributed by atoms with van der Waals surface area (Å²) in [4.78, 5) is 0. The second-order valence-corrected chi connectivity index (χ2v) is 19.3. The number of unbranched alkanes of at least 4 members (excludes halogenated alkanes) is 6. The first-order chi connectivity index (χ1) is 29.0. The molecule has 6 rings (SSSR count). The van der Waals surface area contributed by atoms with Crippen molar-refractivity contribution in [1.82, 2.24) is 0 Å². The molecule has 4 aliphatic carbocycles.